The Balaban J connectivity index is 2.47. The standard InChI is InChI=1S/C12H15BrN2O3/c1-2-10(11(16)17)15-12(18)14-7-8-5-3-4-6-9(8)13/h3-6,10H,2,7H2,1H3,(H,16,17)(H2,14,15,18). The zero-order chi connectivity index (χ0) is 13.5. The van der Waals surface area contributed by atoms with Crippen LogP contribution >= 0.6 is 15.9 Å². The molecule has 1 aromatic rings. The number of halogens is 1. The summed E-state index contributed by atoms with van der Waals surface area (Å²) in [6.45, 7) is 2.04. The molecule has 1 aromatic carbocycles. The van der Waals surface area contributed by atoms with Crippen LogP contribution in [-0.2, 0) is 11.3 Å². The molecule has 1 unspecified atom stereocenters. The largest absolute Gasteiger partial charge is 0.480 e. The van der Waals surface area contributed by atoms with Gasteiger partial charge in [0.25, 0.3) is 0 Å². The van der Waals surface area contributed by atoms with Gasteiger partial charge in [-0.2, -0.15) is 0 Å². The number of urea groups is 1. The highest BCUT2D eigenvalue weighted by Crippen LogP contribution is 2.15. The van der Waals surface area contributed by atoms with Crippen molar-refractivity contribution in [3.05, 3.63) is 34.3 Å². The minimum atomic E-state index is -1.03. The molecule has 0 radical (unpaired) electrons. The third-order valence-electron chi connectivity index (χ3n) is 2.41. The minimum absolute atomic E-state index is 0.337. The Hall–Kier alpha value is -1.56. The molecule has 0 fully saturated rings. The summed E-state index contributed by atoms with van der Waals surface area (Å²) in [7, 11) is 0. The van der Waals surface area contributed by atoms with E-state index in [2.05, 4.69) is 26.6 Å². The molecule has 1 rings (SSSR count). The number of rotatable bonds is 5. The summed E-state index contributed by atoms with van der Waals surface area (Å²) in [5.41, 5.74) is 0.927. The molecule has 0 bridgehead atoms. The summed E-state index contributed by atoms with van der Waals surface area (Å²) in [5.74, 6) is -1.03. The van der Waals surface area contributed by atoms with Crippen molar-refractivity contribution >= 4 is 27.9 Å². The van der Waals surface area contributed by atoms with Gasteiger partial charge in [-0.3, -0.25) is 0 Å². The third kappa shape index (κ3) is 4.37. The Morgan fingerprint density at radius 1 is 1.39 bits per heavy atom. The van der Waals surface area contributed by atoms with E-state index in [1.165, 1.54) is 0 Å². The van der Waals surface area contributed by atoms with Crippen LogP contribution in [0.3, 0.4) is 0 Å². The van der Waals surface area contributed by atoms with Crippen LogP contribution in [0.2, 0.25) is 0 Å². The van der Waals surface area contributed by atoms with Gasteiger partial charge in [-0.1, -0.05) is 41.1 Å². The predicted octanol–water partition coefficient (Wildman–Crippen LogP) is 2.11. The van der Waals surface area contributed by atoms with E-state index in [9.17, 15) is 9.59 Å². The third-order valence-corrected chi connectivity index (χ3v) is 3.18. The molecule has 0 saturated heterocycles. The van der Waals surface area contributed by atoms with Gasteiger partial charge < -0.3 is 15.7 Å². The zero-order valence-electron chi connectivity index (χ0n) is 9.94. The SMILES string of the molecule is CCC(NC(=O)NCc1ccccc1Br)C(=O)O. The molecular formula is C12H15BrN2O3. The zero-order valence-corrected chi connectivity index (χ0v) is 11.5. The molecule has 6 heteroatoms. The summed E-state index contributed by atoms with van der Waals surface area (Å²) < 4.78 is 0.899. The van der Waals surface area contributed by atoms with Gasteiger partial charge in [0, 0.05) is 11.0 Å². The van der Waals surface area contributed by atoms with Crippen molar-refractivity contribution in [1.29, 1.82) is 0 Å². The van der Waals surface area contributed by atoms with Crippen LogP contribution in [0, 0.1) is 0 Å². The lowest BCUT2D eigenvalue weighted by molar-refractivity contribution is -0.139. The highest BCUT2D eigenvalue weighted by molar-refractivity contribution is 9.10. The van der Waals surface area contributed by atoms with E-state index in [0.717, 1.165) is 10.0 Å². The summed E-state index contributed by atoms with van der Waals surface area (Å²) in [5, 5.41) is 13.8. The van der Waals surface area contributed by atoms with E-state index in [4.69, 9.17) is 5.11 Å². The first kappa shape index (κ1) is 14.5. The van der Waals surface area contributed by atoms with Crippen LogP contribution < -0.4 is 10.6 Å². The van der Waals surface area contributed by atoms with Gasteiger partial charge >= 0.3 is 12.0 Å². The van der Waals surface area contributed by atoms with Crippen LogP contribution in [0.1, 0.15) is 18.9 Å². The highest BCUT2D eigenvalue weighted by atomic mass is 79.9. The maximum atomic E-state index is 11.5. The molecule has 0 aliphatic rings. The molecule has 0 saturated carbocycles. The van der Waals surface area contributed by atoms with E-state index in [1.54, 1.807) is 6.92 Å². The number of hydrogen-bond acceptors (Lipinski definition) is 2. The Kier molecular flexibility index (Phi) is 5.64. The second kappa shape index (κ2) is 7.00. The summed E-state index contributed by atoms with van der Waals surface area (Å²) in [6, 6.07) is 6.15. The van der Waals surface area contributed by atoms with Gasteiger partial charge in [0.1, 0.15) is 6.04 Å². The van der Waals surface area contributed by atoms with Crippen molar-refractivity contribution < 1.29 is 14.7 Å². The average Bonchev–Trinajstić information content (AvgIpc) is 2.34. The first-order chi connectivity index (χ1) is 8.54. The van der Waals surface area contributed by atoms with Gasteiger partial charge in [0.2, 0.25) is 0 Å². The number of nitrogens with one attached hydrogen (secondary N) is 2. The van der Waals surface area contributed by atoms with Crippen LogP contribution in [0.15, 0.2) is 28.7 Å². The number of amides is 2. The van der Waals surface area contributed by atoms with Crippen molar-refractivity contribution in [3.8, 4) is 0 Å². The fourth-order valence-corrected chi connectivity index (χ4v) is 1.79. The van der Waals surface area contributed by atoms with Crippen molar-refractivity contribution in [2.45, 2.75) is 25.9 Å². The van der Waals surface area contributed by atoms with Gasteiger partial charge in [0.15, 0.2) is 0 Å². The minimum Gasteiger partial charge on any atom is -0.480 e. The monoisotopic (exact) mass is 314 g/mol. The van der Waals surface area contributed by atoms with E-state index in [-0.39, 0.29) is 0 Å². The molecule has 0 aliphatic heterocycles. The first-order valence-corrected chi connectivity index (χ1v) is 6.34. The number of hydrogen-bond donors (Lipinski definition) is 3. The molecule has 18 heavy (non-hydrogen) atoms. The number of carbonyl (C=O) groups excluding carboxylic acids is 1. The topological polar surface area (TPSA) is 78.4 Å². The summed E-state index contributed by atoms with van der Waals surface area (Å²) in [4.78, 5) is 22.2. The van der Waals surface area contributed by atoms with Crippen molar-refractivity contribution in [3.63, 3.8) is 0 Å². The molecule has 0 heterocycles. The Morgan fingerprint density at radius 3 is 2.61 bits per heavy atom. The lowest BCUT2D eigenvalue weighted by atomic mass is 10.2. The summed E-state index contributed by atoms with van der Waals surface area (Å²) >= 11 is 3.37. The Labute approximate surface area is 114 Å². The normalized spacial score (nSPS) is 11.7. The van der Waals surface area contributed by atoms with Crippen molar-refractivity contribution in [2.75, 3.05) is 0 Å². The predicted molar refractivity (Wildman–Crippen MR) is 71.2 cm³/mol. The van der Waals surface area contributed by atoms with E-state index in [1.807, 2.05) is 24.3 Å². The van der Waals surface area contributed by atoms with Crippen LogP contribution in [-0.4, -0.2) is 23.1 Å². The smallest absolute Gasteiger partial charge is 0.326 e. The molecule has 3 N–H and O–H groups in total. The molecule has 0 aromatic heterocycles. The van der Waals surface area contributed by atoms with Crippen molar-refractivity contribution in [1.82, 2.24) is 10.6 Å². The van der Waals surface area contributed by atoms with Crippen LogP contribution in [0.4, 0.5) is 4.79 Å². The van der Waals surface area contributed by atoms with Crippen LogP contribution in [0.5, 0.6) is 0 Å². The molecule has 1 atom stereocenters. The number of carbonyl (C=O) groups is 2. The fourth-order valence-electron chi connectivity index (χ4n) is 1.36. The number of benzene rings is 1. The Morgan fingerprint density at radius 2 is 2.06 bits per heavy atom. The van der Waals surface area contributed by atoms with E-state index >= 15 is 0 Å². The summed E-state index contributed by atoms with van der Waals surface area (Å²) in [6.07, 6.45) is 0.345. The molecule has 5 nitrogen and oxygen atoms in total. The van der Waals surface area contributed by atoms with Gasteiger partial charge in [-0.15, -0.1) is 0 Å². The maximum absolute atomic E-state index is 11.5. The number of aliphatic carboxylic acids is 1. The second-order valence-corrected chi connectivity index (χ2v) is 4.57. The van der Waals surface area contributed by atoms with Crippen molar-refractivity contribution in [2.24, 2.45) is 0 Å². The number of carboxylic acids is 1. The van der Waals surface area contributed by atoms with Crippen LogP contribution in [0.25, 0.3) is 0 Å². The first-order valence-electron chi connectivity index (χ1n) is 5.55. The number of carboxylic acid groups (broad SMARTS) is 1. The fraction of sp³-hybridized carbons (Fsp3) is 0.333. The molecule has 0 spiro atoms. The Bertz CT molecular complexity index is 437. The molecule has 2 amide bonds. The van der Waals surface area contributed by atoms with E-state index < -0.39 is 18.0 Å². The van der Waals surface area contributed by atoms with E-state index in [0.29, 0.717) is 13.0 Å². The molecule has 98 valence electrons. The highest BCUT2D eigenvalue weighted by Gasteiger charge is 2.17. The molecular weight excluding hydrogens is 300 g/mol. The quantitative estimate of drug-likeness (QED) is 0.779. The van der Waals surface area contributed by atoms with Gasteiger partial charge in [0.05, 0.1) is 0 Å². The lowest BCUT2D eigenvalue weighted by Gasteiger charge is -2.13. The maximum Gasteiger partial charge on any atom is 0.326 e. The second-order valence-electron chi connectivity index (χ2n) is 3.72. The average molecular weight is 315 g/mol. The van der Waals surface area contributed by atoms with Gasteiger partial charge in [-0.05, 0) is 18.1 Å². The van der Waals surface area contributed by atoms with Gasteiger partial charge in [-0.25, -0.2) is 9.59 Å². The lowest BCUT2D eigenvalue weighted by Crippen LogP contribution is -2.45. The molecule has 0 aliphatic carbocycles.